The molecule has 1 heterocycles. The van der Waals surface area contributed by atoms with Crippen molar-refractivity contribution in [2.45, 2.75) is 13.0 Å². The molecule has 6 heteroatoms. The second kappa shape index (κ2) is 8.02. The number of ether oxygens (including phenoxy) is 1. The summed E-state index contributed by atoms with van der Waals surface area (Å²) in [6, 6.07) is 11.8. The van der Waals surface area contributed by atoms with Crippen LogP contribution in [-0.2, 0) is 0 Å². The van der Waals surface area contributed by atoms with E-state index in [-0.39, 0.29) is 24.4 Å². The third kappa shape index (κ3) is 4.20. The van der Waals surface area contributed by atoms with Crippen molar-refractivity contribution < 1.29 is 9.53 Å². The molecule has 1 amide bonds. The first-order valence-electron chi connectivity index (χ1n) is 6.40. The number of thiophene rings is 1. The Morgan fingerprint density at radius 1 is 1.38 bits per heavy atom. The smallest absolute Gasteiger partial charge is 0.265 e. The van der Waals surface area contributed by atoms with Crippen LogP contribution in [0.5, 0.6) is 5.75 Å². The van der Waals surface area contributed by atoms with E-state index in [1.807, 2.05) is 43.3 Å². The maximum atomic E-state index is 12.2. The molecule has 2 rings (SSSR count). The second-order valence-corrected chi connectivity index (χ2v) is 5.54. The Kier molecular flexibility index (Phi) is 6.68. The van der Waals surface area contributed by atoms with Gasteiger partial charge in [0, 0.05) is 17.5 Å². The average Bonchev–Trinajstić information content (AvgIpc) is 2.92. The van der Waals surface area contributed by atoms with E-state index < -0.39 is 0 Å². The molecule has 0 aliphatic heterocycles. The van der Waals surface area contributed by atoms with Crippen LogP contribution in [0.1, 0.15) is 16.6 Å². The molecule has 0 aliphatic carbocycles. The van der Waals surface area contributed by atoms with Crippen LogP contribution < -0.4 is 15.8 Å². The number of methoxy groups -OCH3 is 1. The summed E-state index contributed by atoms with van der Waals surface area (Å²) in [5.74, 6) is 0.447. The molecule has 0 fully saturated rings. The topological polar surface area (TPSA) is 64.3 Å². The van der Waals surface area contributed by atoms with Gasteiger partial charge in [0.15, 0.2) is 0 Å². The van der Waals surface area contributed by atoms with Gasteiger partial charge in [0.2, 0.25) is 0 Å². The lowest BCUT2D eigenvalue weighted by Crippen LogP contribution is -2.37. The summed E-state index contributed by atoms with van der Waals surface area (Å²) in [5, 5.41) is 2.85. The number of halogens is 1. The van der Waals surface area contributed by atoms with E-state index in [9.17, 15) is 4.79 Å². The third-order valence-corrected chi connectivity index (χ3v) is 4.08. The van der Waals surface area contributed by atoms with E-state index >= 15 is 0 Å². The monoisotopic (exact) mass is 326 g/mol. The zero-order valence-corrected chi connectivity index (χ0v) is 13.6. The summed E-state index contributed by atoms with van der Waals surface area (Å²) in [6.45, 7) is 2.28. The fourth-order valence-corrected chi connectivity index (χ4v) is 2.81. The Hall–Kier alpha value is -1.56. The Morgan fingerprint density at radius 3 is 2.62 bits per heavy atom. The van der Waals surface area contributed by atoms with Gasteiger partial charge in [-0.15, -0.1) is 23.7 Å². The Bertz CT molecular complexity index is 587. The van der Waals surface area contributed by atoms with E-state index in [1.54, 1.807) is 7.11 Å². The zero-order valence-electron chi connectivity index (χ0n) is 12.0. The van der Waals surface area contributed by atoms with Crippen LogP contribution >= 0.6 is 23.7 Å². The highest BCUT2D eigenvalue weighted by molar-refractivity contribution is 7.17. The number of benzene rings is 1. The van der Waals surface area contributed by atoms with E-state index in [1.165, 1.54) is 11.3 Å². The van der Waals surface area contributed by atoms with Crippen LogP contribution in [0.2, 0.25) is 0 Å². The van der Waals surface area contributed by atoms with Crippen molar-refractivity contribution in [3.8, 4) is 16.2 Å². The largest absolute Gasteiger partial charge is 0.495 e. The summed E-state index contributed by atoms with van der Waals surface area (Å²) in [5.41, 5.74) is 6.59. The number of carbonyl (C=O) groups is 1. The Labute approximate surface area is 134 Å². The van der Waals surface area contributed by atoms with Crippen LogP contribution in [0.15, 0.2) is 36.4 Å². The highest BCUT2D eigenvalue weighted by Crippen LogP contribution is 2.36. The minimum absolute atomic E-state index is 0. The van der Waals surface area contributed by atoms with Crippen LogP contribution in [-0.4, -0.2) is 25.6 Å². The summed E-state index contributed by atoms with van der Waals surface area (Å²) >= 11 is 1.42. The lowest BCUT2D eigenvalue weighted by molar-refractivity contribution is 0.0942. The summed E-state index contributed by atoms with van der Waals surface area (Å²) in [7, 11) is 1.57. The van der Waals surface area contributed by atoms with Gasteiger partial charge in [-0.3, -0.25) is 4.79 Å². The van der Waals surface area contributed by atoms with Gasteiger partial charge < -0.3 is 15.8 Å². The predicted octanol–water partition coefficient (Wildman–Crippen LogP) is 2.92. The summed E-state index contributed by atoms with van der Waals surface area (Å²) in [6.07, 6.45) is 0. The van der Waals surface area contributed by atoms with E-state index in [2.05, 4.69) is 5.32 Å². The molecule has 0 bridgehead atoms. The third-order valence-electron chi connectivity index (χ3n) is 2.91. The number of nitrogens with two attached hydrogens (primary N) is 1. The molecule has 0 spiro atoms. The normalized spacial score (nSPS) is 11.4. The lowest BCUT2D eigenvalue weighted by Gasteiger charge is -2.10. The van der Waals surface area contributed by atoms with Crippen LogP contribution in [0.4, 0.5) is 0 Å². The van der Waals surface area contributed by atoms with Crippen molar-refractivity contribution >= 4 is 29.7 Å². The van der Waals surface area contributed by atoms with E-state index in [0.29, 0.717) is 17.2 Å². The second-order valence-electron chi connectivity index (χ2n) is 4.48. The van der Waals surface area contributed by atoms with Gasteiger partial charge in [0.05, 0.1) is 7.11 Å². The number of amides is 1. The minimum atomic E-state index is -0.146. The molecule has 0 unspecified atom stereocenters. The van der Waals surface area contributed by atoms with E-state index in [4.69, 9.17) is 10.5 Å². The minimum Gasteiger partial charge on any atom is -0.495 e. The van der Waals surface area contributed by atoms with Crippen LogP contribution in [0, 0.1) is 0 Å². The van der Waals surface area contributed by atoms with Gasteiger partial charge in [0.1, 0.15) is 10.6 Å². The van der Waals surface area contributed by atoms with Gasteiger partial charge in [-0.25, -0.2) is 0 Å². The van der Waals surface area contributed by atoms with Crippen LogP contribution in [0.3, 0.4) is 0 Å². The maximum absolute atomic E-state index is 12.2. The number of carbonyl (C=O) groups excluding carboxylic acids is 1. The highest BCUT2D eigenvalue weighted by atomic mass is 35.5. The molecular formula is C15H19ClN2O2S. The predicted molar refractivity (Wildman–Crippen MR) is 89.5 cm³/mol. The van der Waals surface area contributed by atoms with Gasteiger partial charge in [-0.1, -0.05) is 30.3 Å². The number of nitrogens with one attached hydrogen (secondary N) is 1. The standard InChI is InChI=1S/C15H18N2O2S.ClH/c1-10(9-16)17-15(18)14-12(19-2)8-13(20-14)11-6-4-3-5-7-11;/h3-8,10H,9,16H2,1-2H3,(H,17,18);1H/t10-;/m0./s1. The van der Waals surface area contributed by atoms with Gasteiger partial charge >= 0.3 is 0 Å². The van der Waals surface area contributed by atoms with Crippen molar-refractivity contribution in [2.24, 2.45) is 5.73 Å². The maximum Gasteiger partial charge on any atom is 0.265 e. The number of rotatable bonds is 5. The van der Waals surface area contributed by atoms with Crippen molar-refractivity contribution in [1.29, 1.82) is 0 Å². The Morgan fingerprint density at radius 2 is 2.05 bits per heavy atom. The highest BCUT2D eigenvalue weighted by Gasteiger charge is 2.18. The molecule has 1 aromatic carbocycles. The molecular weight excluding hydrogens is 308 g/mol. The molecule has 0 saturated carbocycles. The molecule has 4 nitrogen and oxygen atoms in total. The van der Waals surface area contributed by atoms with Gasteiger partial charge in [0.25, 0.3) is 5.91 Å². The lowest BCUT2D eigenvalue weighted by atomic mass is 10.2. The number of hydrogen-bond acceptors (Lipinski definition) is 4. The number of hydrogen-bond donors (Lipinski definition) is 2. The van der Waals surface area contributed by atoms with Crippen molar-refractivity contribution in [1.82, 2.24) is 5.32 Å². The van der Waals surface area contributed by atoms with Gasteiger partial charge in [-0.2, -0.15) is 0 Å². The molecule has 114 valence electrons. The molecule has 3 N–H and O–H groups in total. The van der Waals surface area contributed by atoms with Gasteiger partial charge in [-0.05, 0) is 18.6 Å². The Balaban J connectivity index is 0.00000220. The SMILES string of the molecule is COc1cc(-c2ccccc2)sc1C(=O)N[C@@H](C)CN.Cl. The quantitative estimate of drug-likeness (QED) is 0.888. The molecule has 1 aromatic heterocycles. The zero-order chi connectivity index (χ0) is 14.5. The average molecular weight is 327 g/mol. The van der Waals surface area contributed by atoms with Crippen LogP contribution in [0.25, 0.3) is 10.4 Å². The first-order chi connectivity index (χ1) is 9.65. The molecule has 0 radical (unpaired) electrons. The molecule has 1 atom stereocenters. The molecule has 0 saturated heterocycles. The van der Waals surface area contributed by atoms with E-state index in [0.717, 1.165) is 10.4 Å². The summed E-state index contributed by atoms with van der Waals surface area (Å²) < 4.78 is 5.30. The summed E-state index contributed by atoms with van der Waals surface area (Å²) in [4.78, 5) is 13.8. The fraction of sp³-hybridized carbons (Fsp3) is 0.267. The van der Waals surface area contributed by atoms with Crippen molar-refractivity contribution in [3.05, 3.63) is 41.3 Å². The first-order valence-corrected chi connectivity index (χ1v) is 7.21. The molecule has 0 aliphatic rings. The first kappa shape index (κ1) is 17.5. The molecule has 2 aromatic rings. The fourth-order valence-electron chi connectivity index (χ4n) is 1.78. The molecule has 21 heavy (non-hydrogen) atoms. The van der Waals surface area contributed by atoms with Crippen molar-refractivity contribution in [2.75, 3.05) is 13.7 Å². The van der Waals surface area contributed by atoms with Crippen molar-refractivity contribution in [3.63, 3.8) is 0 Å².